The molecular weight excluding hydrogens is 339 g/mol. The molecule has 9 heteroatoms. The lowest BCUT2D eigenvalue weighted by atomic mass is 9.77. The fourth-order valence-electron chi connectivity index (χ4n) is 2.67. The van der Waals surface area contributed by atoms with Crippen LogP contribution in [0.3, 0.4) is 0 Å². The highest BCUT2D eigenvalue weighted by molar-refractivity contribution is 5.87. The zero-order chi connectivity index (χ0) is 18.6. The van der Waals surface area contributed by atoms with Gasteiger partial charge in [0, 0.05) is 12.7 Å². The van der Waals surface area contributed by atoms with E-state index in [2.05, 4.69) is 16.1 Å². The highest BCUT2D eigenvalue weighted by atomic mass is 19.4. The summed E-state index contributed by atoms with van der Waals surface area (Å²) in [6.07, 6.45) is -8.58. The molecule has 0 amide bonds. The number of ether oxygens (including phenoxy) is 3. The van der Waals surface area contributed by atoms with Gasteiger partial charge in [-0.25, -0.2) is 4.79 Å². The number of carbonyl (C=O) groups is 1. The molecule has 0 bridgehead atoms. The molecule has 24 heavy (non-hydrogen) atoms. The number of esters is 1. The van der Waals surface area contributed by atoms with Crippen molar-refractivity contribution in [1.82, 2.24) is 0 Å². The van der Waals surface area contributed by atoms with Gasteiger partial charge >= 0.3 is 18.1 Å². The van der Waals surface area contributed by atoms with E-state index in [1.54, 1.807) is 0 Å². The van der Waals surface area contributed by atoms with Crippen molar-refractivity contribution in [3.8, 4) is 0 Å². The van der Waals surface area contributed by atoms with Gasteiger partial charge in [0.05, 0.1) is 0 Å². The highest BCUT2D eigenvalue weighted by Crippen LogP contribution is 2.49. The van der Waals surface area contributed by atoms with E-state index in [9.17, 15) is 26.7 Å². The van der Waals surface area contributed by atoms with E-state index in [-0.39, 0.29) is 31.3 Å². The van der Waals surface area contributed by atoms with Crippen LogP contribution in [0.1, 0.15) is 39.0 Å². The van der Waals surface area contributed by atoms with Crippen LogP contribution < -0.4 is 0 Å². The SMILES string of the molecule is C=C(C)C(=O)OC1(C(F)(F)C(OCOC)C(F)(F)F)CCCCC1. The van der Waals surface area contributed by atoms with Crippen molar-refractivity contribution in [3.63, 3.8) is 0 Å². The Labute approximate surface area is 136 Å². The summed E-state index contributed by atoms with van der Waals surface area (Å²) in [6, 6.07) is 0. The largest absolute Gasteiger partial charge is 0.449 e. The monoisotopic (exact) mass is 360 g/mol. The standard InChI is InChI=1S/C15H21F5O4/c1-10(2)11(21)24-13(7-5-4-6-8-13)14(16,17)12(15(18,19)20)23-9-22-3/h12H,1,4-9H2,2-3H3. The van der Waals surface area contributed by atoms with Crippen LogP contribution in [0, 0.1) is 0 Å². The van der Waals surface area contributed by atoms with E-state index in [4.69, 9.17) is 4.74 Å². The quantitative estimate of drug-likeness (QED) is 0.298. The first-order valence-corrected chi connectivity index (χ1v) is 7.42. The maximum absolute atomic E-state index is 14.9. The molecule has 1 aliphatic carbocycles. The smallest absolute Gasteiger partial charge is 0.420 e. The Hall–Kier alpha value is -1.22. The zero-order valence-corrected chi connectivity index (χ0v) is 13.5. The Bertz CT molecular complexity index is 455. The summed E-state index contributed by atoms with van der Waals surface area (Å²) in [4.78, 5) is 11.7. The Morgan fingerprint density at radius 3 is 2.12 bits per heavy atom. The molecule has 0 radical (unpaired) electrons. The molecule has 0 heterocycles. The molecule has 1 fully saturated rings. The number of hydrogen-bond donors (Lipinski definition) is 0. The summed E-state index contributed by atoms with van der Waals surface area (Å²) >= 11 is 0. The van der Waals surface area contributed by atoms with Crippen LogP contribution in [-0.2, 0) is 19.0 Å². The van der Waals surface area contributed by atoms with Crippen molar-refractivity contribution in [3.05, 3.63) is 12.2 Å². The molecule has 1 rings (SSSR count). The van der Waals surface area contributed by atoms with Crippen LogP contribution in [-0.4, -0.2) is 43.7 Å². The summed E-state index contributed by atoms with van der Waals surface area (Å²) in [5.74, 6) is -5.63. The van der Waals surface area contributed by atoms with E-state index >= 15 is 0 Å². The van der Waals surface area contributed by atoms with Gasteiger partial charge in [0.1, 0.15) is 6.79 Å². The third-order valence-corrected chi connectivity index (χ3v) is 3.88. The van der Waals surface area contributed by atoms with Gasteiger partial charge in [-0.15, -0.1) is 0 Å². The molecule has 0 aromatic heterocycles. The summed E-state index contributed by atoms with van der Waals surface area (Å²) < 4.78 is 82.6. The third-order valence-electron chi connectivity index (χ3n) is 3.88. The molecule has 4 nitrogen and oxygen atoms in total. The van der Waals surface area contributed by atoms with Gasteiger partial charge in [-0.2, -0.15) is 22.0 Å². The minimum atomic E-state index is -5.36. The lowest BCUT2D eigenvalue weighted by molar-refractivity contribution is -0.340. The van der Waals surface area contributed by atoms with Crippen LogP contribution in [0.25, 0.3) is 0 Å². The van der Waals surface area contributed by atoms with Crippen LogP contribution in [0.5, 0.6) is 0 Å². The van der Waals surface area contributed by atoms with E-state index in [0.717, 1.165) is 7.11 Å². The van der Waals surface area contributed by atoms with Gasteiger partial charge in [-0.3, -0.25) is 0 Å². The van der Waals surface area contributed by atoms with E-state index in [1.807, 2.05) is 0 Å². The van der Waals surface area contributed by atoms with Crippen molar-refractivity contribution in [2.24, 2.45) is 0 Å². The van der Waals surface area contributed by atoms with E-state index in [1.165, 1.54) is 6.92 Å². The molecule has 0 aliphatic heterocycles. The molecule has 0 aromatic carbocycles. The molecule has 0 spiro atoms. The lowest BCUT2D eigenvalue weighted by Crippen LogP contribution is -2.63. The maximum Gasteiger partial charge on any atom is 0.420 e. The van der Waals surface area contributed by atoms with Crippen LogP contribution in [0.2, 0.25) is 0 Å². The predicted octanol–water partition coefficient (Wildman–Crippen LogP) is 4.00. The fraction of sp³-hybridized carbons (Fsp3) is 0.800. The van der Waals surface area contributed by atoms with Gasteiger partial charge in [0.15, 0.2) is 5.60 Å². The topological polar surface area (TPSA) is 44.8 Å². The first kappa shape index (κ1) is 20.8. The second kappa shape index (κ2) is 7.77. The first-order valence-electron chi connectivity index (χ1n) is 7.42. The molecule has 1 atom stereocenters. The van der Waals surface area contributed by atoms with Crippen molar-refractivity contribution in [2.75, 3.05) is 13.9 Å². The van der Waals surface area contributed by atoms with E-state index in [0.29, 0.717) is 6.42 Å². The maximum atomic E-state index is 14.9. The average Bonchev–Trinajstić information content (AvgIpc) is 2.46. The number of hydrogen-bond acceptors (Lipinski definition) is 4. The van der Waals surface area contributed by atoms with Gasteiger partial charge in [0.25, 0.3) is 0 Å². The lowest BCUT2D eigenvalue weighted by Gasteiger charge is -2.45. The normalized spacial score (nSPS) is 19.6. The summed E-state index contributed by atoms with van der Waals surface area (Å²) in [5, 5.41) is 0. The van der Waals surface area contributed by atoms with Gasteiger partial charge in [-0.1, -0.05) is 13.0 Å². The van der Waals surface area contributed by atoms with Gasteiger partial charge in [-0.05, 0) is 32.6 Å². The number of methoxy groups -OCH3 is 1. The van der Waals surface area contributed by atoms with Crippen molar-refractivity contribution in [2.45, 2.75) is 62.8 Å². The Kier molecular flexibility index (Phi) is 6.75. The molecular formula is C15H21F5O4. The molecule has 1 aliphatic rings. The first-order chi connectivity index (χ1) is 11.0. The fourth-order valence-corrected chi connectivity index (χ4v) is 2.67. The minimum Gasteiger partial charge on any atom is -0.449 e. The number of carbonyl (C=O) groups excluding carboxylic acids is 1. The Balaban J connectivity index is 3.25. The minimum absolute atomic E-state index is 0.169. The van der Waals surface area contributed by atoms with Gasteiger partial charge < -0.3 is 14.2 Å². The second-order valence-electron chi connectivity index (χ2n) is 5.84. The van der Waals surface area contributed by atoms with Gasteiger partial charge in [0.2, 0.25) is 6.10 Å². The average molecular weight is 360 g/mol. The Morgan fingerprint density at radius 1 is 1.17 bits per heavy atom. The third kappa shape index (κ3) is 4.44. The number of alkyl halides is 5. The molecule has 0 N–H and O–H groups in total. The summed E-state index contributed by atoms with van der Waals surface area (Å²) in [7, 11) is 1.02. The predicted molar refractivity (Wildman–Crippen MR) is 74.5 cm³/mol. The molecule has 1 unspecified atom stereocenters. The second-order valence-corrected chi connectivity index (χ2v) is 5.84. The van der Waals surface area contributed by atoms with Crippen LogP contribution in [0.4, 0.5) is 22.0 Å². The zero-order valence-electron chi connectivity index (χ0n) is 13.5. The van der Waals surface area contributed by atoms with Crippen molar-refractivity contribution < 1.29 is 41.0 Å². The van der Waals surface area contributed by atoms with Crippen molar-refractivity contribution in [1.29, 1.82) is 0 Å². The van der Waals surface area contributed by atoms with E-state index < -0.39 is 36.6 Å². The summed E-state index contributed by atoms with van der Waals surface area (Å²) in [6.45, 7) is 3.55. The number of halogens is 5. The molecule has 0 aromatic rings. The number of rotatable bonds is 7. The molecule has 0 saturated heterocycles. The van der Waals surface area contributed by atoms with Crippen LogP contribution >= 0.6 is 0 Å². The van der Waals surface area contributed by atoms with Crippen LogP contribution in [0.15, 0.2) is 12.2 Å². The molecule has 140 valence electrons. The Morgan fingerprint density at radius 2 is 1.71 bits per heavy atom. The molecule has 1 saturated carbocycles. The van der Waals surface area contributed by atoms with Crippen molar-refractivity contribution >= 4 is 5.97 Å². The highest BCUT2D eigenvalue weighted by Gasteiger charge is 2.69. The summed E-state index contributed by atoms with van der Waals surface area (Å²) in [5.41, 5.74) is -2.76.